The van der Waals surface area contributed by atoms with Gasteiger partial charge in [-0.2, -0.15) is 0 Å². The van der Waals surface area contributed by atoms with Gasteiger partial charge >= 0.3 is 0 Å². The maximum Gasteiger partial charge on any atom is 0.160 e. The summed E-state index contributed by atoms with van der Waals surface area (Å²) >= 11 is 0. The van der Waals surface area contributed by atoms with E-state index in [0.29, 0.717) is 41.8 Å². The average molecular weight is 376 g/mol. The van der Waals surface area contributed by atoms with Crippen molar-refractivity contribution in [2.75, 3.05) is 49.3 Å². The Morgan fingerprint density at radius 3 is 1.74 bits per heavy atom. The first-order valence-electron chi connectivity index (χ1n) is 8.61. The van der Waals surface area contributed by atoms with Gasteiger partial charge in [0.1, 0.15) is 17.2 Å². The molecule has 0 heterocycles. The fourth-order valence-corrected chi connectivity index (χ4v) is 3.11. The standard InChI is InChI=1S/C21H28O6/c1-22-13-15(14-7-8-18(24-3)21(10-14)27-6)9-17-19(25-4)11-16(23-2)12-20(17)26-5/h7-8,10-12,15H,9,13H2,1-6H3/t15-/m1/s1. The van der Waals surface area contributed by atoms with Gasteiger partial charge in [-0.25, -0.2) is 0 Å². The maximum atomic E-state index is 5.58. The van der Waals surface area contributed by atoms with Crippen LogP contribution < -0.4 is 23.7 Å². The lowest BCUT2D eigenvalue weighted by Gasteiger charge is -2.21. The van der Waals surface area contributed by atoms with Gasteiger partial charge in [0.05, 0.1) is 42.2 Å². The van der Waals surface area contributed by atoms with Crippen LogP contribution in [0.5, 0.6) is 28.7 Å². The van der Waals surface area contributed by atoms with E-state index in [2.05, 4.69) is 0 Å². The molecule has 0 saturated carbocycles. The Balaban J connectivity index is 2.44. The summed E-state index contributed by atoms with van der Waals surface area (Å²) in [4.78, 5) is 0. The molecule has 0 unspecified atom stereocenters. The minimum absolute atomic E-state index is 0.0750. The molecule has 0 aliphatic carbocycles. The molecule has 0 aliphatic heterocycles. The van der Waals surface area contributed by atoms with Crippen molar-refractivity contribution in [3.05, 3.63) is 41.5 Å². The second-order valence-electron chi connectivity index (χ2n) is 5.98. The van der Waals surface area contributed by atoms with E-state index >= 15 is 0 Å². The van der Waals surface area contributed by atoms with Crippen LogP contribution in [0.1, 0.15) is 17.0 Å². The molecule has 1 atom stereocenters. The summed E-state index contributed by atoms with van der Waals surface area (Å²) in [6.45, 7) is 0.536. The highest BCUT2D eigenvalue weighted by Gasteiger charge is 2.21. The van der Waals surface area contributed by atoms with Crippen molar-refractivity contribution in [1.82, 2.24) is 0 Å². The molecule has 27 heavy (non-hydrogen) atoms. The molecule has 148 valence electrons. The Morgan fingerprint density at radius 1 is 0.667 bits per heavy atom. The number of ether oxygens (including phenoxy) is 6. The van der Waals surface area contributed by atoms with Crippen LogP contribution in [0.3, 0.4) is 0 Å². The minimum Gasteiger partial charge on any atom is -0.496 e. The van der Waals surface area contributed by atoms with Gasteiger partial charge in [-0.3, -0.25) is 0 Å². The molecule has 0 N–H and O–H groups in total. The predicted molar refractivity (Wildman–Crippen MR) is 104 cm³/mol. The molecular weight excluding hydrogens is 348 g/mol. The Labute approximate surface area is 160 Å². The number of rotatable bonds is 10. The van der Waals surface area contributed by atoms with Crippen LogP contribution in [0.25, 0.3) is 0 Å². The highest BCUT2D eigenvalue weighted by atomic mass is 16.5. The van der Waals surface area contributed by atoms with E-state index in [9.17, 15) is 0 Å². The van der Waals surface area contributed by atoms with Gasteiger partial charge in [0.2, 0.25) is 0 Å². The molecule has 2 rings (SSSR count). The molecular formula is C21H28O6. The Morgan fingerprint density at radius 2 is 1.26 bits per heavy atom. The van der Waals surface area contributed by atoms with E-state index in [1.807, 2.05) is 30.3 Å². The molecule has 0 aliphatic rings. The quantitative estimate of drug-likeness (QED) is 0.630. The number of methoxy groups -OCH3 is 6. The van der Waals surface area contributed by atoms with Crippen molar-refractivity contribution >= 4 is 0 Å². The van der Waals surface area contributed by atoms with Gasteiger partial charge in [-0.15, -0.1) is 0 Å². The summed E-state index contributed by atoms with van der Waals surface area (Å²) < 4.78 is 32.7. The van der Waals surface area contributed by atoms with E-state index in [1.54, 1.807) is 42.7 Å². The molecule has 0 fully saturated rings. The number of benzene rings is 2. The normalized spacial score (nSPS) is 11.6. The Hall–Kier alpha value is -2.60. The highest BCUT2D eigenvalue weighted by Crippen LogP contribution is 2.39. The van der Waals surface area contributed by atoms with Crippen LogP contribution in [0.4, 0.5) is 0 Å². The number of hydrogen-bond acceptors (Lipinski definition) is 6. The molecule has 0 aromatic heterocycles. The maximum absolute atomic E-state index is 5.58. The lowest BCUT2D eigenvalue weighted by Crippen LogP contribution is -2.12. The van der Waals surface area contributed by atoms with Crippen LogP contribution in [0.15, 0.2) is 30.3 Å². The van der Waals surface area contributed by atoms with Crippen LogP contribution in [0.2, 0.25) is 0 Å². The second kappa shape index (κ2) is 9.92. The average Bonchev–Trinajstić information content (AvgIpc) is 2.72. The third-order valence-corrected chi connectivity index (χ3v) is 4.51. The molecule has 2 aromatic carbocycles. The lowest BCUT2D eigenvalue weighted by atomic mass is 9.91. The van der Waals surface area contributed by atoms with Gasteiger partial charge in [-0.1, -0.05) is 6.07 Å². The molecule has 0 spiro atoms. The molecule has 2 aromatic rings. The summed E-state index contributed by atoms with van der Waals surface area (Å²) in [7, 11) is 9.83. The zero-order chi connectivity index (χ0) is 19.8. The molecule has 0 amide bonds. The lowest BCUT2D eigenvalue weighted by molar-refractivity contribution is 0.178. The Bertz CT molecular complexity index is 718. The zero-order valence-electron chi connectivity index (χ0n) is 16.8. The fraction of sp³-hybridized carbons (Fsp3) is 0.429. The monoisotopic (exact) mass is 376 g/mol. The first-order chi connectivity index (χ1) is 13.1. The van der Waals surface area contributed by atoms with Crippen LogP contribution >= 0.6 is 0 Å². The van der Waals surface area contributed by atoms with Crippen molar-refractivity contribution < 1.29 is 28.4 Å². The van der Waals surface area contributed by atoms with E-state index in [4.69, 9.17) is 28.4 Å². The van der Waals surface area contributed by atoms with Gasteiger partial charge in [0.25, 0.3) is 0 Å². The van der Waals surface area contributed by atoms with Crippen LogP contribution in [-0.2, 0) is 11.2 Å². The van der Waals surface area contributed by atoms with Crippen molar-refractivity contribution in [2.24, 2.45) is 0 Å². The summed E-state index contributed by atoms with van der Waals surface area (Å²) in [5.74, 6) is 3.57. The van der Waals surface area contributed by atoms with E-state index in [-0.39, 0.29) is 5.92 Å². The van der Waals surface area contributed by atoms with E-state index in [0.717, 1.165) is 11.1 Å². The first kappa shape index (κ1) is 20.7. The third kappa shape index (κ3) is 4.77. The van der Waals surface area contributed by atoms with Gasteiger partial charge in [0.15, 0.2) is 11.5 Å². The summed E-state index contributed by atoms with van der Waals surface area (Å²) in [6, 6.07) is 9.62. The van der Waals surface area contributed by atoms with Gasteiger partial charge < -0.3 is 28.4 Å². The molecule has 6 heteroatoms. The topological polar surface area (TPSA) is 55.4 Å². The van der Waals surface area contributed by atoms with E-state index in [1.165, 1.54) is 0 Å². The Kier molecular flexibility index (Phi) is 7.61. The van der Waals surface area contributed by atoms with Crippen molar-refractivity contribution in [3.8, 4) is 28.7 Å². The third-order valence-electron chi connectivity index (χ3n) is 4.51. The minimum atomic E-state index is 0.0750. The molecule has 0 radical (unpaired) electrons. The largest absolute Gasteiger partial charge is 0.496 e. The summed E-state index contributed by atoms with van der Waals surface area (Å²) in [5.41, 5.74) is 2.03. The smallest absolute Gasteiger partial charge is 0.160 e. The first-order valence-corrected chi connectivity index (χ1v) is 8.61. The highest BCUT2D eigenvalue weighted by molar-refractivity contribution is 5.52. The van der Waals surface area contributed by atoms with Crippen LogP contribution in [0, 0.1) is 0 Å². The molecule has 0 saturated heterocycles. The summed E-state index contributed by atoms with van der Waals surface area (Å²) in [6.07, 6.45) is 0.666. The van der Waals surface area contributed by atoms with Gasteiger partial charge in [-0.05, 0) is 24.1 Å². The van der Waals surface area contributed by atoms with E-state index < -0.39 is 0 Å². The van der Waals surface area contributed by atoms with Crippen molar-refractivity contribution in [2.45, 2.75) is 12.3 Å². The molecule has 0 bridgehead atoms. The second-order valence-corrected chi connectivity index (χ2v) is 5.98. The predicted octanol–water partition coefficient (Wildman–Crippen LogP) is 3.70. The van der Waals surface area contributed by atoms with Crippen LogP contribution in [-0.4, -0.2) is 49.3 Å². The SMILES string of the molecule is COC[C@@H](Cc1c(OC)cc(OC)cc1OC)c1ccc(OC)c(OC)c1. The molecule has 6 nitrogen and oxygen atoms in total. The van der Waals surface area contributed by atoms with Crippen molar-refractivity contribution in [3.63, 3.8) is 0 Å². The van der Waals surface area contributed by atoms with Crippen molar-refractivity contribution in [1.29, 1.82) is 0 Å². The number of hydrogen-bond donors (Lipinski definition) is 0. The van der Waals surface area contributed by atoms with Gasteiger partial charge in [0, 0.05) is 30.7 Å². The summed E-state index contributed by atoms with van der Waals surface area (Å²) in [5, 5.41) is 0. The zero-order valence-corrected chi connectivity index (χ0v) is 16.8. The fourth-order valence-electron chi connectivity index (χ4n) is 3.11.